The Kier molecular flexibility index (Phi) is 8.41. The first kappa shape index (κ1) is 28.2. The molecule has 0 N–H and O–H groups in total. The predicted molar refractivity (Wildman–Crippen MR) is 165 cm³/mol. The second-order valence-electron chi connectivity index (χ2n) is 11.3. The van der Waals surface area contributed by atoms with E-state index >= 15 is 0 Å². The number of aryl methyl sites for hydroxylation is 2. The van der Waals surface area contributed by atoms with E-state index in [1.165, 1.54) is 23.1 Å². The van der Waals surface area contributed by atoms with Crippen LogP contribution in [0.25, 0.3) is 0 Å². The second-order valence-corrected chi connectivity index (χ2v) is 11.7. The largest absolute Gasteiger partial charge is 0.422 e. The molecule has 6 heteroatoms. The molecule has 1 unspecified atom stereocenters. The van der Waals surface area contributed by atoms with Crippen LogP contribution in [0.4, 0.5) is 0 Å². The Bertz CT molecular complexity index is 1600. The monoisotopic (exact) mass is 579 g/mol. The molecule has 214 valence electrons. The van der Waals surface area contributed by atoms with Gasteiger partial charge in [0.05, 0.1) is 17.9 Å². The van der Waals surface area contributed by atoms with E-state index in [-0.39, 0.29) is 30.3 Å². The van der Waals surface area contributed by atoms with Gasteiger partial charge in [0.15, 0.2) is 11.5 Å². The van der Waals surface area contributed by atoms with Gasteiger partial charge in [0, 0.05) is 19.0 Å². The number of halogens is 1. The summed E-state index contributed by atoms with van der Waals surface area (Å²) in [5, 5.41) is 0.331. The molecule has 6 rings (SSSR count). The summed E-state index contributed by atoms with van der Waals surface area (Å²) in [6.07, 6.45) is 4.26. The van der Waals surface area contributed by atoms with Crippen molar-refractivity contribution in [2.75, 3.05) is 20.1 Å². The molecule has 5 nitrogen and oxygen atoms in total. The maximum atomic E-state index is 13.2. The predicted octanol–water partition coefficient (Wildman–Crippen LogP) is 6.74. The third-order valence-electron chi connectivity index (χ3n) is 8.28. The van der Waals surface area contributed by atoms with Crippen molar-refractivity contribution in [1.82, 2.24) is 4.90 Å². The van der Waals surface area contributed by atoms with Gasteiger partial charge in [0.2, 0.25) is 0 Å². The third kappa shape index (κ3) is 6.28. The minimum Gasteiger partial charge on any atom is -0.422 e. The molecular weight excluding hydrogens is 546 g/mol. The topological polar surface area (TPSA) is 55.8 Å². The first-order valence-electron chi connectivity index (χ1n) is 14.6. The van der Waals surface area contributed by atoms with Crippen LogP contribution >= 0.6 is 11.6 Å². The van der Waals surface area contributed by atoms with Crippen LogP contribution in [0.3, 0.4) is 0 Å². The number of hydrogen-bond acceptors (Lipinski definition) is 5. The van der Waals surface area contributed by atoms with E-state index in [2.05, 4.69) is 30.1 Å². The molecule has 0 radical (unpaired) electrons. The summed E-state index contributed by atoms with van der Waals surface area (Å²) in [6, 6.07) is 27.5. The van der Waals surface area contributed by atoms with Gasteiger partial charge in [-0.3, -0.25) is 9.59 Å². The van der Waals surface area contributed by atoms with E-state index in [9.17, 15) is 9.59 Å². The van der Waals surface area contributed by atoms with E-state index in [0.717, 1.165) is 48.2 Å². The molecule has 4 aromatic rings. The van der Waals surface area contributed by atoms with Gasteiger partial charge in [-0.15, -0.1) is 0 Å². The number of benzene rings is 4. The van der Waals surface area contributed by atoms with E-state index in [4.69, 9.17) is 21.1 Å². The average molecular weight is 580 g/mol. The number of esters is 2. The summed E-state index contributed by atoms with van der Waals surface area (Å²) >= 11 is 7.10. The van der Waals surface area contributed by atoms with Crippen molar-refractivity contribution in [3.05, 3.63) is 129 Å². The molecule has 0 aromatic heterocycles. The second kappa shape index (κ2) is 12.5. The lowest BCUT2D eigenvalue weighted by Gasteiger charge is -2.24. The maximum absolute atomic E-state index is 13.2. The molecule has 1 atom stereocenters. The van der Waals surface area contributed by atoms with Crippen molar-refractivity contribution >= 4 is 23.5 Å². The van der Waals surface area contributed by atoms with Crippen molar-refractivity contribution in [2.45, 2.75) is 44.4 Å². The molecule has 0 saturated carbocycles. The first-order chi connectivity index (χ1) is 20.4. The van der Waals surface area contributed by atoms with Crippen LogP contribution < -0.4 is 9.47 Å². The van der Waals surface area contributed by atoms with Crippen LogP contribution in [0.1, 0.15) is 51.3 Å². The SMILES string of the molecule is CN1CCc2c(cc(OC(=O)Cc3ccccc3)c(OC(=O)Cc3ccccc3)c2Cl)C(c2ccc3c(c2)CCC3)C1. The highest BCUT2D eigenvalue weighted by Crippen LogP contribution is 2.45. The van der Waals surface area contributed by atoms with Gasteiger partial charge in [-0.2, -0.15) is 0 Å². The molecule has 0 amide bonds. The van der Waals surface area contributed by atoms with Crippen molar-refractivity contribution in [3.63, 3.8) is 0 Å². The van der Waals surface area contributed by atoms with Gasteiger partial charge in [0.1, 0.15) is 0 Å². The lowest BCUT2D eigenvalue weighted by Crippen LogP contribution is -2.24. The summed E-state index contributed by atoms with van der Waals surface area (Å²) in [7, 11) is 2.11. The zero-order valence-corrected chi connectivity index (χ0v) is 24.5. The van der Waals surface area contributed by atoms with E-state index in [0.29, 0.717) is 11.4 Å². The zero-order chi connectivity index (χ0) is 29.1. The lowest BCUT2D eigenvalue weighted by molar-refractivity contribution is -0.136. The number of carbonyl (C=O) groups excluding carboxylic acids is 2. The van der Waals surface area contributed by atoms with Crippen molar-refractivity contribution < 1.29 is 19.1 Å². The zero-order valence-electron chi connectivity index (χ0n) is 23.8. The first-order valence-corrected chi connectivity index (χ1v) is 15.0. The number of hydrogen-bond donors (Lipinski definition) is 0. The highest BCUT2D eigenvalue weighted by molar-refractivity contribution is 6.33. The standard InChI is InChI=1S/C36H34ClNO4/c1-38-18-17-29-30(31(23-38)28-16-15-26-13-8-14-27(26)21-28)22-32(41-33(39)19-24-9-4-2-5-10-24)36(35(29)37)42-34(40)20-25-11-6-3-7-12-25/h2-7,9-12,15-16,21-22,31H,8,13-14,17-20,23H2,1H3. The van der Waals surface area contributed by atoms with Crippen molar-refractivity contribution in [3.8, 4) is 11.5 Å². The maximum Gasteiger partial charge on any atom is 0.315 e. The highest BCUT2D eigenvalue weighted by atomic mass is 35.5. The lowest BCUT2D eigenvalue weighted by atomic mass is 9.86. The molecule has 0 spiro atoms. The van der Waals surface area contributed by atoms with Gasteiger partial charge in [-0.1, -0.05) is 90.5 Å². The Labute approximate surface area is 252 Å². The Morgan fingerprint density at radius 3 is 2.14 bits per heavy atom. The molecule has 2 aliphatic rings. The van der Waals surface area contributed by atoms with Gasteiger partial charge < -0.3 is 14.4 Å². The molecule has 4 aromatic carbocycles. The van der Waals surface area contributed by atoms with E-state index < -0.39 is 11.9 Å². The van der Waals surface area contributed by atoms with Crippen LogP contribution in [0.15, 0.2) is 84.9 Å². The Morgan fingerprint density at radius 2 is 1.45 bits per heavy atom. The summed E-state index contributed by atoms with van der Waals surface area (Å²) in [5.41, 5.74) is 7.66. The normalized spacial score (nSPS) is 16.3. The van der Waals surface area contributed by atoms with E-state index in [1.54, 1.807) is 0 Å². The number of nitrogens with zero attached hydrogens (tertiary/aromatic N) is 1. The molecule has 0 fully saturated rings. The summed E-state index contributed by atoms with van der Waals surface area (Å²) in [6.45, 7) is 1.60. The van der Waals surface area contributed by atoms with Gasteiger partial charge in [-0.05, 0) is 77.7 Å². The van der Waals surface area contributed by atoms with Crippen LogP contribution in [-0.2, 0) is 41.7 Å². The fourth-order valence-electron chi connectivity index (χ4n) is 6.13. The highest BCUT2D eigenvalue weighted by Gasteiger charge is 2.31. The number of carbonyl (C=O) groups is 2. The number of rotatable bonds is 7. The van der Waals surface area contributed by atoms with E-state index in [1.807, 2.05) is 66.7 Å². The number of likely N-dealkylation sites (N-methyl/N-ethyl adjacent to an activating group) is 1. The molecular formula is C36H34ClNO4. The Balaban J connectivity index is 1.40. The Morgan fingerprint density at radius 1 is 0.810 bits per heavy atom. The average Bonchev–Trinajstić information content (AvgIpc) is 3.39. The minimum atomic E-state index is -0.468. The molecule has 0 saturated heterocycles. The minimum absolute atomic E-state index is 0.0246. The number of ether oxygens (including phenoxy) is 2. The Hall–Kier alpha value is -3.93. The van der Waals surface area contributed by atoms with Gasteiger partial charge in [0.25, 0.3) is 0 Å². The van der Waals surface area contributed by atoms with Crippen LogP contribution in [0.5, 0.6) is 11.5 Å². The van der Waals surface area contributed by atoms with Crippen LogP contribution in [0.2, 0.25) is 5.02 Å². The molecule has 0 bridgehead atoms. The molecule has 1 heterocycles. The van der Waals surface area contributed by atoms with Crippen molar-refractivity contribution in [1.29, 1.82) is 0 Å². The fraction of sp³-hybridized carbons (Fsp3) is 0.278. The molecule has 42 heavy (non-hydrogen) atoms. The van der Waals surface area contributed by atoms with Gasteiger partial charge >= 0.3 is 11.9 Å². The summed E-state index contributed by atoms with van der Waals surface area (Å²) in [4.78, 5) is 28.6. The molecule has 1 aliphatic carbocycles. The summed E-state index contributed by atoms with van der Waals surface area (Å²) < 4.78 is 11.9. The molecule has 1 aliphatic heterocycles. The third-order valence-corrected chi connectivity index (χ3v) is 8.68. The number of fused-ring (bicyclic) bond motifs is 2. The summed E-state index contributed by atoms with van der Waals surface area (Å²) in [5.74, 6) is -0.606. The van der Waals surface area contributed by atoms with Gasteiger partial charge in [-0.25, -0.2) is 0 Å². The van der Waals surface area contributed by atoms with Crippen molar-refractivity contribution in [2.24, 2.45) is 0 Å². The smallest absolute Gasteiger partial charge is 0.315 e. The quantitative estimate of drug-likeness (QED) is 0.179. The van der Waals surface area contributed by atoms with Crippen LogP contribution in [-0.4, -0.2) is 37.0 Å². The van der Waals surface area contributed by atoms with Crippen LogP contribution in [0, 0.1) is 0 Å². The fourth-order valence-corrected chi connectivity index (χ4v) is 6.47.